The molecule has 0 radical (unpaired) electrons. The van der Waals surface area contributed by atoms with Crippen molar-refractivity contribution < 1.29 is 16.8 Å². The zero-order valence-corrected chi connectivity index (χ0v) is 12.3. The molecule has 108 valence electrons. The van der Waals surface area contributed by atoms with E-state index in [2.05, 4.69) is 9.44 Å². The quantitative estimate of drug-likeness (QED) is 0.607. The summed E-state index contributed by atoms with van der Waals surface area (Å²) < 4.78 is 50.4. The number of sulfonamides is 2. The monoisotopic (exact) mass is 307 g/mol. The second kappa shape index (κ2) is 5.87. The predicted molar refractivity (Wildman–Crippen MR) is 73.6 cm³/mol. The highest BCUT2D eigenvalue weighted by Crippen LogP contribution is 2.16. The van der Waals surface area contributed by atoms with E-state index in [4.69, 9.17) is 5.73 Å². The first-order valence-corrected chi connectivity index (χ1v) is 8.58. The Morgan fingerprint density at radius 1 is 1.21 bits per heavy atom. The van der Waals surface area contributed by atoms with Gasteiger partial charge in [0, 0.05) is 12.2 Å². The first kappa shape index (κ1) is 15.9. The molecule has 0 bridgehead atoms. The van der Waals surface area contributed by atoms with Gasteiger partial charge >= 0.3 is 0 Å². The van der Waals surface area contributed by atoms with Gasteiger partial charge in [-0.2, -0.15) is 0 Å². The molecule has 1 aromatic carbocycles. The van der Waals surface area contributed by atoms with Crippen molar-refractivity contribution in [2.24, 2.45) is 0 Å². The van der Waals surface area contributed by atoms with E-state index in [1.54, 1.807) is 13.0 Å². The van der Waals surface area contributed by atoms with Crippen molar-refractivity contribution in [1.29, 1.82) is 0 Å². The largest absolute Gasteiger partial charge is 0.398 e. The van der Waals surface area contributed by atoms with Crippen LogP contribution in [0.1, 0.15) is 5.56 Å². The molecule has 1 aromatic rings. The van der Waals surface area contributed by atoms with Crippen LogP contribution in [0.3, 0.4) is 0 Å². The summed E-state index contributed by atoms with van der Waals surface area (Å²) in [6.45, 7) is 1.55. The minimum absolute atomic E-state index is 0.0115. The van der Waals surface area contributed by atoms with Crippen molar-refractivity contribution in [3.05, 3.63) is 23.8 Å². The zero-order chi connectivity index (χ0) is 14.7. The maximum absolute atomic E-state index is 11.9. The molecule has 0 atom stereocenters. The molecule has 4 N–H and O–H groups in total. The number of rotatable bonds is 6. The van der Waals surface area contributed by atoms with Crippen LogP contribution >= 0.6 is 0 Å². The van der Waals surface area contributed by atoms with Gasteiger partial charge in [0.1, 0.15) is 0 Å². The Kier molecular flexibility index (Phi) is 4.91. The van der Waals surface area contributed by atoms with Crippen molar-refractivity contribution in [2.75, 3.05) is 25.1 Å². The molecule has 0 heterocycles. The minimum Gasteiger partial charge on any atom is -0.398 e. The molecule has 0 unspecified atom stereocenters. The number of aryl methyl sites for hydroxylation is 1. The summed E-state index contributed by atoms with van der Waals surface area (Å²) in [4.78, 5) is 0.0115. The van der Waals surface area contributed by atoms with Gasteiger partial charge in [0.15, 0.2) is 0 Å². The van der Waals surface area contributed by atoms with Crippen LogP contribution in [0.15, 0.2) is 23.1 Å². The lowest BCUT2D eigenvalue weighted by molar-refractivity contribution is 0.578. The van der Waals surface area contributed by atoms with Crippen LogP contribution in [0, 0.1) is 6.92 Å². The van der Waals surface area contributed by atoms with E-state index < -0.39 is 20.0 Å². The summed E-state index contributed by atoms with van der Waals surface area (Å²) in [6.07, 6.45) is 0. The summed E-state index contributed by atoms with van der Waals surface area (Å²) in [6, 6.07) is 4.35. The highest BCUT2D eigenvalue weighted by molar-refractivity contribution is 7.90. The van der Waals surface area contributed by atoms with Crippen molar-refractivity contribution in [2.45, 2.75) is 11.8 Å². The van der Waals surface area contributed by atoms with Crippen LogP contribution in [-0.2, 0) is 20.0 Å². The lowest BCUT2D eigenvalue weighted by Gasteiger charge is -2.08. The fourth-order valence-corrected chi connectivity index (χ4v) is 3.05. The van der Waals surface area contributed by atoms with Crippen LogP contribution in [0.25, 0.3) is 0 Å². The van der Waals surface area contributed by atoms with Crippen molar-refractivity contribution in [3.8, 4) is 0 Å². The molecule has 7 nitrogen and oxygen atoms in total. The van der Waals surface area contributed by atoms with Crippen LogP contribution in [0.5, 0.6) is 0 Å². The Morgan fingerprint density at radius 3 is 2.37 bits per heavy atom. The molecule has 1 rings (SSSR count). The third-order valence-electron chi connectivity index (χ3n) is 2.53. The molecule has 0 aromatic heterocycles. The highest BCUT2D eigenvalue weighted by atomic mass is 32.2. The summed E-state index contributed by atoms with van der Waals surface area (Å²) in [5.41, 5.74) is 6.78. The summed E-state index contributed by atoms with van der Waals surface area (Å²) in [5, 5.41) is 0. The van der Waals surface area contributed by atoms with Crippen molar-refractivity contribution in [3.63, 3.8) is 0 Å². The van der Waals surface area contributed by atoms with Gasteiger partial charge in [0.05, 0.1) is 10.6 Å². The predicted octanol–water partition coefficient (Wildman–Crippen LogP) is -0.595. The Bertz CT molecular complexity index is 653. The fourth-order valence-electron chi connectivity index (χ4n) is 1.28. The molecule has 0 saturated heterocycles. The molecular formula is C10H17N3O4S2. The number of nitrogens with one attached hydrogen (secondary N) is 2. The van der Waals surface area contributed by atoms with E-state index in [0.29, 0.717) is 5.69 Å². The van der Waals surface area contributed by atoms with Gasteiger partial charge in [-0.15, -0.1) is 0 Å². The summed E-state index contributed by atoms with van der Waals surface area (Å²) in [5.74, 6) is -0.329. The summed E-state index contributed by atoms with van der Waals surface area (Å²) in [7, 11) is -5.92. The summed E-state index contributed by atoms with van der Waals surface area (Å²) >= 11 is 0. The lowest BCUT2D eigenvalue weighted by atomic mass is 10.2. The smallest absolute Gasteiger partial charge is 0.240 e. The van der Waals surface area contributed by atoms with Gasteiger partial charge < -0.3 is 5.73 Å². The zero-order valence-electron chi connectivity index (χ0n) is 10.7. The highest BCUT2D eigenvalue weighted by Gasteiger charge is 2.16. The average molecular weight is 307 g/mol. The molecule has 9 heteroatoms. The molecule has 0 aliphatic heterocycles. The van der Waals surface area contributed by atoms with Gasteiger partial charge in [-0.3, -0.25) is 0 Å². The number of hydrogen-bond donors (Lipinski definition) is 3. The topological polar surface area (TPSA) is 118 Å². The van der Waals surface area contributed by atoms with E-state index in [1.165, 1.54) is 19.2 Å². The molecular weight excluding hydrogens is 290 g/mol. The van der Waals surface area contributed by atoms with E-state index in [9.17, 15) is 16.8 Å². The van der Waals surface area contributed by atoms with Gasteiger partial charge in [0.2, 0.25) is 20.0 Å². The van der Waals surface area contributed by atoms with Crippen molar-refractivity contribution >= 4 is 25.7 Å². The second-order valence-corrected chi connectivity index (χ2v) is 7.75. The molecule has 0 spiro atoms. The van der Waals surface area contributed by atoms with Gasteiger partial charge in [-0.25, -0.2) is 26.3 Å². The van der Waals surface area contributed by atoms with E-state index in [1.807, 2.05) is 0 Å². The molecule has 0 aliphatic carbocycles. The number of hydrogen-bond acceptors (Lipinski definition) is 5. The van der Waals surface area contributed by atoms with E-state index in [-0.39, 0.29) is 17.2 Å². The van der Waals surface area contributed by atoms with Crippen LogP contribution in [0.4, 0.5) is 5.69 Å². The maximum atomic E-state index is 11.9. The SMILES string of the molecule is CNS(=O)(=O)CCNS(=O)(=O)c1ccc(C)c(N)c1. The van der Waals surface area contributed by atoms with Gasteiger partial charge in [-0.1, -0.05) is 6.07 Å². The number of benzene rings is 1. The van der Waals surface area contributed by atoms with Crippen LogP contribution in [0.2, 0.25) is 0 Å². The standard InChI is InChI=1S/C10H17N3O4S2/c1-8-3-4-9(7-10(8)11)19(16,17)13-5-6-18(14,15)12-2/h3-4,7,12-13H,5-6,11H2,1-2H3. The van der Waals surface area contributed by atoms with E-state index >= 15 is 0 Å². The van der Waals surface area contributed by atoms with E-state index in [0.717, 1.165) is 5.56 Å². The molecule has 0 fully saturated rings. The van der Waals surface area contributed by atoms with Gasteiger partial charge in [-0.05, 0) is 31.7 Å². The lowest BCUT2D eigenvalue weighted by Crippen LogP contribution is -2.33. The third kappa shape index (κ3) is 4.46. The number of nitrogens with two attached hydrogens (primary N) is 1. The molecule has 0 amide bonds. The average Bonchev–Trinajstić information content (AvgIpc) is 2.32. The fraction of sp³-hybridized carbons (Fsp3) is 0.400. The first-order valence-electron chi connectivity index (χ1n) is 5.45. The maximum Gasteiger partial charge on any atom is 0.240 e. The second-order valence-electron chi connectivity index (χ2n) is 3.94. The van der Waals surface area contributed by atoms with Gasteiger partial charge in [0.25, 0.3) is 0 Å². The normalized spacial score (nSPS) is 12.5. The first-order chi connectivity index (χ1) is 8.68. The Hall–Kier alpha value is -1.16. The number of anilines is 1. The number of nitrogen functional groups attached to an aromatic ring is 1. The molecule has 0 saturated carbocycles. The Balaban J connectivity index is 2.79. The third-order valence-corrected chi connectivity index (χ3v) is 5.36. The van der Waals surface area contributed by atoms with Crippen molar-refractivity contribution in [1.82, 2.24) is 9.44 Å². The molecule has 19 heavy (non-hydrogen) atoms. The van der Waals surface area contributed by atoms with Crippen LogP contribution in [-0.4, -0.2) is 36.2 Å². The minimum atomic E-state index is -3.75. The molecule has 0 aliphatic rings. The Morgan fingerprint density at radius 2 is 1.84 bits per heavy atom. The Labute approximate surface area is 113 Å². The van der Waals surface area contributed by atoms with Crippen LogP contribution < -0.4 is 15.2 Å².